The van der Waals surface area contributed by atoms with Crippen molar-refractivity contribution < 1.29 is 9.59 Å². The molecule has 0 radical (unpaired) electrons. The number of nitrogens with zero attached hydrogens (tertiary/aromatic N) is 4. The van der Waals surface area contributed by atoms with Crippen molar-refractivity contribution in [2.45, 2.75) is 6.92 Å². The Morgan fingerprint density at radius 1 is 1.24 bits per heavy atom. The lowest BCUT2D eigenvalue weighted by atomic mass is 10.2. The number of rotatable bonds is 4. The molecule has 130 valence electrons. The van der Waals surface area contributed by atoms with Crippen molar-refractivity contribution in [1.82, 2.24) is 14.9 Å². The number of hydrogen-bond acceptors (Lipinski definition) is 5. The lowest BCUT2D eigenvalue weighted by Crippen LogP contribution is -2.46. The van der Waals surface area contributed by atoms with Gasteiger partial charge < -0.3 is 15.1 Å². The Balaban J connectivity index is 1.72. The summed E-state index contributed by atoms with van der Waals surface area (Å²) in [6.45, 7) is 4.39. The molecule has 2 amide bonds. The molecule has 0 atom stereocenters. The van der Waals surface area contributed by atoms with E-state index in [1.807, 2.05) is 11.8 Å². The number of hydrogen-bond donors (Lipinski definition) is 1. The first kappa shape index (κ1) is 17.2. The van der Waals surface area contributed by atoms with Gasteiger partial charge in [0.25, 0.3) is 5.91 Å². The van der Waals surface area contributed by atoms with Gasteiger partial charge in [-0.25, -0.2) is 9.97 Å². The van der Waals surface area contributed by atoms with E-state index in [2.05, 4.69) is 15.3 Å². The maximum atomic E-state index is 12.5. The summed E-state index contributed by atoms with van der Waals surface area (Å²) in [5, 5.41) is 3.46. The minimum Gasteiger partial charge on any atom is -0.342 e. The second-order valence-electron chi connectivity index (χ2n) is 5.78. The second-order valence-corrected chi connectivity index (χ2v) is 6.22. The zero-order valence-electron chi connectivity index (χ0n) is 13.8. The lowest BCUT2D eigenvalue weighted by Gasteiger charge is -2.32. The van der Waals surface area contributed by atoms with E-state index in [0.717, 1.165) is 12.0 Å². The van der Waals surface area contributed by atoms with Crippen molar-refractivity contribution in [1.29, 1.82) is 0 Å². The third-order valence-corrected chi connectivity index (χ3v) is 4.29. The molecule has 25 heavy (non-hydrogen) atoms. The SMILES string of the molecule is Cc1cc(Cl)ccc1NC(=O)c1ccnc(N2CCN(C=O)CC2)n1. The van der Waals surface area contributed by atoms with Crippen LogP contribution in [0.25, 0.3) is 0 Å². The molecule has 1 fully saturated rings. The standard InChI is InChI=1S/C17H18ClN5O2/c1-12-10-13(18)2-3-14(12)20-16(25)15-4-5-19-17(21-15)23-8-6-22(11-24)7-9-23/h2-5,10-11H,6-9H2,1H3,(H,20,25). The van der Waals surface area contributed by atoms with Gasteiger partial charge >= 0.3 is 0 Å². The second kappa shape index (κ2) is 7.48. The van der Waals surface area contributed by atoms with Gasteiger partial charge in [0.2, 0.25) is 12.4 Å². The molecular weight excluding hydrogens is 342 g/mol. The highest BCUT2D eigenvalue weighted by atomic mass is 35.5. The molecule has 1 N–H and O–H groups in total. The molecule has 1 saturated heterocycles. The summed E-state index contributed by atoms with van der Waals surface area (Å²) in [6.07, 6.45) is 2.41. The molecular formula is C17H18ClN5O2. The molecule has 3 rings (SSSR count). The van der Waals surface area contributed by atoms with Crippen molar-refractivity contribution in [3.05, 3.63) is 46.7 Å². The van der Waals surface area contributed by atoms with Gasteiger partial charge in [0.05, 0.1) is 0 Å². The van der Waals surface area contributed by atoms with Crippen molar-refractivity contribution in [2.24, 2.45) is 0 Å². The third kappa shape index (κ3) is 4.06. The minimum atomic E-state index is -0.305. The molecule has 0 saturated carbocycles. The molecule has 1 aromatic heterocycles. The Labute approximate surface area is 150 Å². The molecule has 2 heterocycles. The number of carbonyl (C=O) groups excluding carboxylic acids is 2. The number of anilines is 2. The van der Waals surface area contributed by atoms with E-state index in [1.165, 1.54) is 0 Å². The Bertz CT molecular complexity index is 790. The number of carbonyl (C=O) groups is 2. The van der Waals surface area contributed by atoms with Gasteiger partial charge in [-0.2, -0.15) is 0 Å². The fraction of sp³-hybridized carbons (Fsp3) is 0.294. The highest BCUT2D eigenvalue weighted by molar-refractivity contribution is 6.30. The largest absolute Gasteiger partial charge is 0.342 e. The van der Waals surface area contributed by atoms with Gasteiger partial charge in [0.1, 0.15) is 5.69 Å². The predicted molar refractivity (Wildman–Crippen MR) is 96.0 cm³/mol. The number of amides is 2. The van der Waals surface area contributed by atoms with Crippen LogP contribution >= 0.6 is 11.6 Å². The van der Waals surface area contributed by atoms with E-state index < -0.39 is 0 Å². The summed E-state index contributed by atoms with van der Waals surface area (Å²) in [4.78, 5) is 35.5. The van der Waals surface area contributed by atoms with Gasteiger partial charge in [-0.05, 0) is 36.8 Å². The number of piperazine rings is 1. The summed E-state index contributed by atoms with van der Waals surface area (Å²) >= 11 is 5.93. The molecule has 0 unspecified atom stereocenters. The number of benzene rings is 1. The number of aryl methyl sites for hydroxylation is 1. The topological polar surface area (TPSA) is 78.4 Å². The zero-order valence-corrected chi connectivity index (χ0v) is 14.5. The summed E-state index contributed by atoms with van der Waals surface area (Å²) < 4.78 is 0. The predicted octanol–water partition coefficient (Wildman–Crippen LogP) is 1.97. The molecule has 2 aromatic rings. The van der Waals surface area contributed by atoms with Crippen LogP contribution in [-0.2, 0) is 4.79 Å². The van der Waals surface area contributed by atoms with Gasteiger partial charge in [0.15, 0.2) is 0 Å². The summed E-state index contributed by atoms with van der Waals surface area (Å²) in [5.41, 5.74) is 1.85. The molecule has 1 aliphatic rings. The molecule has 8 heteroatoms. The van der Waals surface area contributed by atoms with E-state index in [-0.39, 0.29) is 11.6 Å². The Morgan fingerprint density at radius 3 is 2.68 bits per heavy atom. The molecule has 0 bridgehead atoms. The Morgan fingerprint density at radius 2 is 2.00 bits per heavy atom. The van der Waals surface area contributed by atoms with E-state index in [9.17, 15) is 9.59 Å². The van der Waals surface area contributed by atoms with E-state index in [1.54, 1.807) is 35.4 Å². The van der Waals surface area contributed by atoms with Gasteiger partial charge in [-0.15, -0.1) is 0 Å². The van der Waals surface area contributed by atoms with Crippen molar-refractivity contribution >= 4 is 35.6 Å². The van der Waals surface area contributed by atoms with Gasteiger partial charge in [0, 0.05) is 43.1 Å². The third-order valence-electron chi connectivity index (χ3n) is 4.06. The Hall–Kier alpha value is -2.67. The summed E-state index contributed by atoms with van der Waals surface area (Å²) in [7, 11) is 0. The smallest absolute Gasteiger partial charge is 0.274 e. The van der Waals surface area contributed by atoms with Gasteiger partial charge in [-0.1, -0.05) is 11.6 Å². The first-order valence-electron chi connectivity index (χ1n) is 7.91. The Kier molecular flexibility index (Phi) is 5.14. The lowest BCUT2D eigenvalue weighted by molar-refractivity contribution is -0.118. The van der Waals surface area contributed by atoms with Gasteiger partial charge in [-0.3, -0.25) is 9.59 Å². The fourth-order valence-corrected chi connectivity index (χ4v) is 2.83. The van der Waals surface area contributed by atoms with Crippen LogP contribution in [0.4, 0.5) is 11.6 Å². The molecule has 0 spiro atoms. The highest BCUT2D eigenvalue weighted by Gasteiger charge is 2.19. The molecule has 1 aliphatic heterocycles. The van der Waals surface area contributed by atoms with Crippen molar-refractivity contribution in [3.63, 3.8) is 0 Å². The van der Waals surface area contributed by atoms with Crippen LogP contribution in [0.2, 0.25) is 5.02 Å². The quantitative estimate of drug-likeness (QED) is 0.844. The van der Waals surface area contributed by atoms with Crippen molar-refractivity contribution in [2.75, 3.05) is 36.4 Å². The average Bonchev–Trinajstić information content (AvgIpc) is 2.64. The van der Waals surface area contributed by atoms with Crippen LogP contribution in [0.3, 0.4) is 0 Å². The molecule has 1 aromatic carbocycles. The van der Waals surface area contributed by atoms with E-state index in [4.69, 9.17) is 11.6 Å². The fourth-order valence-electron chi connectivity index (χ4n) is 2.61. The first-order chi connectivity index (χ1) is 12.1. The minimum absolute atomic E-state index is 0.289. The van der Waals surface area contributed by atoms with Crippen molar-refractivity contribution in [3.8, 4) is 0 Å². The van der Waals surface area contributed by atoms with Crippen LogP contribution in [0, 0.1) is 6.92 Å². The highest BCUT2D eigenvalue weighted by Crippen LogP contribution is 2.20. The zero-order chi connectivity index (χ0) is 17.8. The number of halogens is 1. The van der Waals surface area contributed by atoms with E-state index in [0.29, 0.717) is 42.8 Å². The average molecular weight is 360 g/mol. The van der Waals surface area contributed by atoms with Crippen LogP contribution in [0.15, 0.2) is 30.5 Å². The van der Waals surface area contributed by atoms with Crippen LogP contribution in [0.5, 0.6) is 0 Å². The first-order valence-corrected chi connectivity index (χ1v) is 8.29. The van der Waals surface area contributed by atoms with E-state index >= 15 is 0 Å². The number of nitrogens with one attached hydrogen (secondary N) is 1. The maximum Gasteiger partial charge on any atom is 0.274 e. The van der Waals surface area contributed by atoms with Crippen LogP contribution < -0.4 is 10.2 Å². The summed E-state index contributed by atoms with van der Waals surface area (Å²) in [5.74, 6) is 0.187. The monoisotopic (exact) mass is 359 g/mol. The van der Waals surface area contributed by atoms with Crippen LogP contribution in [-0.4, -0.2) is 53.4 Å². The molecule has 7 nitrogen and oxygen atoms in total. The maximum absolute atomic E-state index is 12.5. The van der Waals surface area contributed by atoms with Crippen LogP contribution in [0.1, 0.15) is 16.1 Å². The molecule has 0 aliphatic carbocycles. The normalized spacial score (nSPS) is 14.3. The summed E-state index contributed by atoms with van der Waals surface area (Å²) in [6, 6.07) is 6.85. The number of aromatic nitrogens is 2.